The van der Waals surface area contributed by atoms with Crippen LogP contribution in [0.4, 0.5) is 0 Å². The SMILES string of the molecule is CCC(C)CC1NCCOc2ccccc2/C=C/CNC(=O)C(CC)NC(=O)C2(CCCC2)NC1=O.Cc1cccc(Cl)c1. The van der Waals surface area contributed by atoms with E-state index in [-0.39, 0.29) is 17.7 Å². The van der Waals surface area contributed by atoms with Gasteiger partial charge in [0.25, 0.3) is 0 Å². The van der Waals surface area contributed by atoms with Gasteiger partial charge >= 0.3 is 0 Å². The van der Waals surface area contributed by atoms with E-state index in [1.807, 2.05) is 74.5 Å². The van der Waals surface area contributed by atoms with Gasteiger partial charge in [-0.1, -0.05) is 94.1 Å². The van der Waals surface area contributed by atoms with Crippen molar-refractivity contribution in [3.63, 3.8) is 0 Å². The third-order valence-electron chi connectivity index (χ3n) is 8.28. The number of nitrogens with one attached hydrogen (secondary N) is 4. The van der Waals surface area contributed by atoms with Crippen LogP contribution in [0.2, 0.25) is 5.02 Å². The lowest BCUT2D eigenvalue weighted by molar-refractivity contribution is -0.136. The molecule has 44 heavy (non-hydrogen) atoms. The van der Waals surface area contributed by atoms with Crippen molar-refractivity contribution in [2.24, 2.45) is 5.92 Å². The molecule has 3 amide bonds. The number of carbonyl (C=O) groups is 3. The molecule has 0 bridgehead atoms. The predicted octanol–water partition coefficient (Wildman–Crippen LogP) is 5.58. The molecule has 3 unspecified atom stereocenters. The molecule has 4 N–H and O–H groups in total. The van der Waals surface area contributed by atoms with Gasteiger partial charge in [0.05, 0.1) is 6.04 Å². The number of halogens is 1. The fourth-order valence-corrected chi connectivity index (χ4v) is 5.67. The molecule has 1 saturated carbocycles. The van der Waals surface area contributed by atoms with Crippen LogP contribution in [0.3, 0.4) is 0 Å². The Labute approximate surface area is 267 Å². The second kappa shape index (κ2) is 17.8. The Bertz CT molecular complexity index is 1240. The average Bonchev–Trinajstić information content (AvgIpc) is 3.49. The van der Waals surface area contributed by atoms with Gasteiger partial charge in [-0.25, -0.2) is 0 Å². The fraction of sp³-hybridized carbons (Fsp3) is 0.514. The van der Waals surface area contributed by atoms with E-state index in [1.54, 1.807) is 0 Å². The smallest absolute Gasteiger partial charge is 0.246 e. The van der Waals surface area contributed by atoms with Gasteiger partial charge in [-0.3, -0.25) is 14.4 Å². The topological polar surface area (TPSA) is 109 Å². The Morgan fingerprint density at radius 2 is 1.75 bits per heavy atom. The van der Waals surface area contributed by atoms with Crippen molar-refractivity contribution >= 4 is 35.4 Å². The number of benzene rings is 2. The number of para-hydroxylation sites is 1. The van der Waals surface area contributed by atoms with Crippen LogP contribution >= 0.6 is 11.6 Å². The van der Waals surface area contributed by atoms with E-state index in [4.69, 9.17) is 16.3 Å². The molecule has 3 atom stereocenters. The van der Waals surface area contributed by atoms with E-state index in [0.29, 0.717) is 51.3 Å². The van der Waals surface area contributed by atoms with Crippen LogP contribution < -0.4 is 26.0 Å². The Morgan fingerprint density at radius 1 is 1.00 bits per heavy atom. The standard InChI is InChI=1S/C28H42N4O4.C7H7Cl/c1-4-20(3)19-23-26(34)32-28(14-8-9-15-28)27(35)31-22(5-2)25(33)30-16-10-12-21-11-6-7-13-24(21)36-18-17-29-23;1-6-3-2-4-7(8)5-6/h6-7,10-13,20,22-23,29H,4-5,8-9,14-19H2,1-3H3,(H,30,33)(H,31,35)(H,32,34);2-5H,1H3/b12-10+;. The number of rotatable bonds is 4. The lowest BCUT2D eigenvalue weighted by atomic mass is 9.93. The van der Waals surface area contributed by atoms with Crippen LogP contribution in [0.5, 0.6) is 5.75 Å². The second-order valence-corrected chi connectivity index (χ2v) is 12.2. The third-order valence-corrected chi connectivity index (χ3v) is 8.51. The Balaban J connectivity index is 0.000000572. The van der Waals surface area contributed by atoms with Crippen molar-refractivity contribution in [2.75, 3.05) is 19.7 Å². The zero-order valence-corrected chi connectivity index (χ0v) is 27.3. The van der Waals surface area contributed by atoms with E-state index < -0.39 is 17.6 Å². The molecule has 240 valence electrons. The maximum atomic E-state index is 13.5. The van der Waals surface area contributed by atoms with E-state index in [9.17, 15) is 14.4 Å². The first-order valence-corrected chi connectivity index (χ1v) is 16.3. The van der Waals surface area contributed by atoms with Crippen LogP contribution in [0.15, 0.2) is 54.6 Å². The van der Waals surface area contributed by atoms with Crippen LogP contribution in [-0.4, -0.2) is 55.0 Å². The van der Waals surface area contributed by atoms with Gasteiger partial charge in [0, 0.05) is 23.7 Å². The van der Waals surface area contributed by atoms with Crippen molar-refractivity contribution < 1.29 is 19.1 Å². The normalized spacial score (nSPS) is 22.4. The largest absolute Gasteiger partial charge is 0.492 e. The maximum absolute atomic E-state index is 13.5. The highest BCUT2D eigenvalue weighted by atomic mass is 35.5. The summed E-state index contributed by atoms with van der Waals surface area (Å²) in [6, 6.07) is 14.4. The lowest BCUT2D eigenvalue weighted by Crippen LogP contribution is -2.63. The Kier molecular flexibility index (Phi) is 14.2. The van der Waals surface area contributed by atoms with Gasteiger partial charge in [-0.05, 0) is 62.3 Å². The summed E-state index contributed by atoms with van der Waals surface area (Å²) in [7, 11) is 0. The quantitative estimate of drug-likeness (QED) is 0.355. The van der Waals surface area contributed by atoms with Gasteiger partial charge in [0.15, 0.2) is 0 Å². The second-order valence-electron chi connectivity index (χ2n) is 11.8. The molecule has 1 fully saturated rings. The highest BCUT2D eigenvalue weighted by Crippen LogP contribution is 2.30. The number of ether oxygens (including phenoxy) is 1. The van der Waals surface area contributed by atoms with Crippen LogP contribution in [0, 0.1) is 12.8 Å². The van der Waals surface area contributed by atoms with E-state index in [2.05, 4.69) is 35.1 Å². The summed E-state index contributed by atoms with van der Waals surface area (Å²) in [6.45, 7) is 9.36. The lowest BCUT2D eigenvalue weighted by Gasteiger charge is -2.33. The maximum Gasteiger partial charge on any atom is 0.246 e. The molecule has 1 aliphatic carbocycles. The molecule has 4 rings (SSSR count). The molecule has 0 radical (unpaired) electrons. The predicted molar refractivity (Wildman–Crippen MR) is 178 cm³/mol. The molecule has 0 aromatic heterocycles. The van der Waals surface area contributed by atoms with Crippen molar-refractivity contribution in [1.29, 1.82) is 0 Å². The number of amides is 3. The third kappa shape index (κ3) is 10.7. The monoisotopic (exact) mass is 624 g/mol. The summed E-state index contributed by atoms with van der Waals surface area (Å²) in [5, 5.41) is 13.1. The minimum Gasteiger partial charge on any atom is -0.492 e. The Hall–Kier alpha value is -3.36. The molecule has 2 aromatic rings. The van der Waals surface area contributed by atoms with Crippen LogP contribution in [0.25, 0.3) is 6.08 Å². The minimum atomic E-state index is -0.985. The highest BCUT2D eigenvalue weighted by Gasteiger charge is 2.44. The highest BCUT2D eigenvalue weighted by molar-refractivity contribution is 6.30. The molecule has 1 heterocycles. The number of fused-ring (bicyclic) bond motifs is 1. The summed E-state index contributed by atoms with van der Waals surface area (Å²) in [5.41, 5.74) is 1.13. The molecule has 1 aliphatic heterocycles. The Morgan fingerprint density at radius 3 is 2.41 bits per heavy atom. The van der Waals surface area contributed by atoms with Crippen molar-refractivity contribution in [2.45, 2.75) is 90.3 Å². The van der Waals surface area contributed by atoms with Gasteiger partial charge in [-0.15, -0.1) is 0 Å². The fourth-order valence-electron chi connectivity index (χ4n) is 5.43. The van der Waals surface area contributed by atoms with Crippen LogP contribution in [0.1, 0.15) is 76.8 Å². The molecule has 9 heteroatoms. The zero-order chi connectivity index (χ0) is 32.0. The molecule has 2 aromatic carbocycles. The van der Waals surface area contributed by atoms with Crippen molar-refractivity contribution in [3.8, 4) is 5.75 Å². The first-order valence-electron chi connectivity index (χ1n) is 15.9. The van der Waals surface area contributed by atoms with Gasteiger partial charge in [0.2, 0.25) is 17.7 Å². The number of aryl methyl sites for hydroxylation is 1. The first kappa shape index (κ1) is 35.1. The molecular weight excluding hydrogens is 576 g/mol. The summed E-state index contributed by atoms with van der Waals surface area (Å²) in [5.74, 6) is 0.409. The van der Waals surface area contributed by atoms with Gasteiger partial charge in [0.1, 0.15) is 23.9 Å². The van der Waals surface area contributed by atoms with E-state index >= 15 is 0 Å². The average molecular weight is 625 g/mol. The number of hydrogen-bond acceptors (Lipinski definition) is 5. The molecule has 0 saturated heterocycles. The molecule has 1 spiro atoms. The van der Waals surface area contributed by atoms with Gasteiger partial charge < -0.3 is 26.0 Å². The minimum absolute atomic E-state index is 0.172. The summed E-state index contributed by atoms with van der Waals surface area (Å²) in [4.78, 5) is 39.8. The summed E-state index contributed by atoms with van der Waals surface area (Å²) < 4.78 is 6.02. The molecule has 2 aliphatic rings. The zero-order valence-electron chi connectivity index (χ0n) is 26.6. The van der Waals surface area contributed by atoms with Crippen LogP contribution in [-0.2, 0) is 14.4 Å². The number of carbonyl (C=O) groups excluding carboxylic acids is 3. The molecular formula is C35H49ClN4O4. The summed E-state index contributed by atoms with van der Waals surface area (Å²) in [6.07, 6.45) is 8.73. The van der Waals surface area contributed by atoms with E-state index in [0.717, 1.165) is 35.6 Å². The summed E-state index contributed by atoms with van der Waals surface area (Å²) >= 11 is 5.64. The van der Waals surface area contributed by atoms with Crippen molar-refractivity contribution in [3.05, 3.63) is 70.8 Å². The molecule has 8 nitrogen and oxygen atoms in total. The first-order chi connectivity index (χ1) is 21.2. The number of hydrogen-bond donors (Lipinski definition) is 4. The van der Waals surface area contributed by atoms with Gasteiger partial charge in [-0.2, -0.15) is 0 Å². The van der Waals surface area contributed by atoms with E-state index in [1.165, 1.54) is 5.56 Å². The van der Waals surface area contributed by atoms with Crippen molar-refractivity contribution in [1.82, 2.24) is 21.3 Å².